The molecule has 148 valence electrons. The van der Waals surface area contributed by atoms with Crippen molar-refractivity contribution in [3.63, 3.8) is 0 Å². The van der Waals surface area contributed by atoms with E-state index in [9.17, 15) is 9.59 Å². The molecule has 0 aliphatic carbocycles. The minimum Gasteiger partial charge on any atom is -0.273 e. The van der Waals surface area contributed by atoms with Gasteiger partial charge in [-0.1, -0.05) is 13.8 Å². The maximum Gasteiger partial charge on any atom is 0.270 e. The van der Waals surface area contributed by atoms with Crippen LogP contribution in [-0.4, -0.2) is 26.6 Å². The molecule has 2 amide bonds. The fraction of sp³-hybridized carbons (Fsp3) is 0.400. The van der Waals surface area contributed by atoms with E-state index in [-0.39, 0.29) is 17.9 Å². The molecule has 8 heteroatoms. The molecule has 0 saturated carbocycles. The lowest BCUT2D eigenvalue weighted by Crippen LogP contribution is -2.43. The second kappa shape index (κ2) is 7.71. The zero-order chi connectivity index (χ0) is 20.6. The molecule has 0 aliphatic heterocycles. The topological polar surface area (TPSA) is 88.9 Å². The standard InChI is InChI=1S/C20H25N5O2S/c1-10(2)19(26)23-24-20(27)15-8-17(14-7-12(5)28-13(14)6)22-18-16(15)9-21-25(18)11(3)4/h7-11H,1-6H3,(H,23,26)(H,24,27). The van der Waals surface area contributed by atoms with E-state index in [0.717, 1.165) is 16.1 Å². The van der Waals surface area contributed by atoms with Gasteiger partial charge in [0.1, 0.15) is 0 Å². The maximum atomic E-state index is 12.9. The predicted octanol–water partition coefficient (Wildman–Crippen LogP) is 3.77. The molecular weight excluding hydrogens is 374 g/mol. The van der Waals surface area contributed by atoms with Gasteiger partial charge in [0.25, 0.3) is 5.91 Å². The SMILES string of the molecule is Cc1cc(-c2cc(C(=O)NNC(=O)C(C)C)c3cnn(C(C)C)c3n2)c(C)s1. The molecule has 2 N–H and O–H groups in total. The number of fused-ring (bicyclic) bond motifs is 1. The average Bonchev–Trinajstić information content (AvgIpc) is 3.20. The summed E-state index contributed by atoms with van der Waals surface area (Å²) in [5, 5.41) is 5.06. The number of carbonyl (C=O) groups excluding carboxylic acids is 2. The third-order valence-electron chi connectivity index (χ3n) is 4.44. The van der Waals surface area contributed by atoms with Crippen LogP contribution in [0.1, 0.15) is 53.8 Å². The average molecular weight is 400 g/mol. The van der Waals surface area contributed by atoms with Gasteiger partial charge in [-0.3, -0.25) is 20.4 Å². The molecule has 3 aromatic rings. The Labute approximate surface area is 168 Å². The first-order chi connectivity index (χ1) is 13.2. The van der Waals surface area contributed by atoms with Gasteiger partial charge >= 0.3 is 0 Å². The Morgan fingerprint density at radius 1 is 1.11 bits per heavy atom. The molecule has 0 radical (unpaired) electrons. The summed E-state index contributed by atoms with van der Waals surface area (Å²) < 4.78 is 1.80. The second-order valence-electron chi connectivity index (χ2n) is 7.40. The van der Waals surface area contributed by atoms with E-state index in [0.29, 0.717) is 16.6 Å². The number of aryl methyl sites for hydroxylation is 2. The molecule has 0 fully saturated rings. The third-order valence-corrected chi connectivity index (χ3v) is 5.41. The van der Waals surface area contributed by atoms with Crippen LogP contribution in [0, 0.1) is 19.8 Å². The van der Waals surface area contributed by atoms with Crippen LogP contribution in [-0.2, 0) is 4.79 Å². The summed E-state index contributed by atoms with van der Waals surface area (Å²) in [5.41, 5.74) is 7.77. The van der Waals surface area contributed by atoms with Crippen molar-refractivity contribution in [3.8, 4) is 11.3 Å². The first kappa shape index (κ1) is 20.0. The highest BCUT2D eigenvalue weighted by Crippen LogP contribution is 2.32. The quantitative estimate of drug-likeness (QED) is 0.654. The molecule has 3 rings (SSSR count). The van der Waals surface area contributed by atoms with Gasteiger partial charge < -0.3 is 0 Å². The lowest BCUT2D eigenvalue weighted by atomic mass is 10.1. The number of thiophene rings is 1. The van der Waals surface area contributed by atoms with Gasteiger partial charge in [0.05, 0.1) is 22.8 Å². The number of hydrogen-bond acceptors (Lipinski definition) is 5. The second-order valence-corrected chi connectivity index (χ2v) is 8.86. The van der Waals surface area contributed by atoms with Crippen LogP contribution in [0.25, 0.3) is 22.3 Å². The summed E-state index contributed by atoms with van der Waals surface area (Å²) in [4.78, 5) is 31.8. The molecule has 3 aromatic heterocycles. The smallest absolute Gasteiger partial charge is 0.270 e. The third kappa shape index (κ3) is 3.77. The first-order valence-electron chi connectivity index (χ1n) is 9.25. The number of hydrazine groups is 1. The molecule has 0 aromatic carbocycles. The van der Waals surface area contributed by atoms with Crippen LogP contribution in [0.5, 0.6) is 0 Å². The van der Waals surface area contributed by atoms with Crippen molar-refractivity contribution >= 4 is 34.2 Å². The molecule has 3 heterocycles. The van der Waals surface area contributed by atoms with Crippen LogP contribution in [0.15, 0.2) is 18.3 Å². The Balaban J connectivity index is 2.11. The summed E-state index contributed by atoms with van der Waals surface area (Å²) in [6.07, 6.45) is 1.65. The molecule has 28 heavy (non-hydrogen) atoms. The van der Waals surface area contributed by atoms with Gasteiger partial charge in [-0.2, -0.15) is 5.10 Å². The maximum absolute atomic E-state index is 12.9. The lowest BCUT2D eigenvalue weighted by molar-refractivity contribution is -0.124. The van der Waals surface area contributed by atoms with E-state index in [1.54, 1.807) is 42.1 Å². The van der Waals surface area contributed by atoms with E-state index >= 15 is 0 Å². The number of pyridine rings is 1. The zero-order valence-corrected chi connectivity index (χ0v) is 17.8. The highest BCUT2D eigenvalue weighted by Gasteiger charge is 2.20. The monoisotopic (exact) mass is 399 g/mol. The zero-order valence-electron chi connectivity index (χ0n) is 17.0. The van der Waals surface area contributed by atoms with Crippen molar-refractivity contribution in [2.45, 2.75) is 47.6 Å². The Hall–Kier alpha value is -2.74. The molecule has 0 aliphatic rings. The van der Waals surface area contributed by atoms with Crippen molar-refractivity contribution in [2.24, 2.45) is 5.92 Å². The summed E-state index contributed by atoms with van der Waals surface area (Å²) >= 11 is 1.69. The molecular formula is C20H25N5O2S. The number of hydrogen-bond donors (Lipinski definition) is 2. The normalized spacial score (nSPS) is 11.4. The molecule has 7 nitrogen and oxygen atoms in total. The predicted molar refractivity (Wildman–Crippen MR) is 111 cm³/mol. The fourth-order valence-electron chi connectivity index (χ4n) is 2.94. The van der Waals surface area contributed by atoms with Crippen LogP contribution in [0.4, 0.5) is 0 Å². The lowest BCUT2D eigenvalue weighted by Gasteiger charge is -2.12. The van der Waals surface area contributed by atoms with Gasteiger partial charge in [-0.15, -0.1) is 11.3 Å². The minimum absolute atomic E-state index is 0.0992. The van der Waals surface area contributed by atoms with Crippen LogP contribution in [0.2, 0.25) is 0 Å². The van der Waals surface area contributed by atoms with E-state index in [2.05, 4.69) is 22.0 Å². The van der Waals surface area contributed by atoms with E-state index in [4.69, 9.17) is 4.98 Å². The number of carbonyl (C=O) groups is 2. The Kier molecular flexibility index (Phi) is 5.51. The highest BCUT2D eigenvalue weighted by atomic mass is 32.1. The number of amides is 2. The Bertz CT molecular complexity index is 1050. The van der Waals surface area contributed by atoms with Crippen LogP contribution in [0.3, 0.4) is 0 Å². The number of aromatic nitrogens is 3. The molecule has 0 saturated heterocycles. The van der Waals surface area contributed by atoms with Gasteiger partial charge in [-0.25, -0.2) is 9.67 Å². The number of nitrogens with one attached hydrogen (secondary N) is 2. The van der Waals surface area contributed by atoms with E-state index in [1.165, 1.54) is 4.88 Å². The molecule has 0 atom stereocenters. The first-order valence-corrected chi connectivity index (χ1v) is 10.1. The van der Waals surface area contributed by atoms with Crippen molar-refractivity contribution < 1.29 is 9.59 Å². The van der Waals surface area contributed by atoms with Crippen molar-refractivity contribution in [1.29, 1.82) is 0 Å². The van der Waals surface area contributed by atoms with E-state index in [1.807, 2.05) is 27.7 Å². The molecule has 0 unspecified atom stereocenters. The summed E-state index contributed by atoms with van der Waals surface area (Å²) in [6.45, 7) is 11.7. The van der Waals surface area contributed by atoms with Gasteiger partial charge in [0.2, 0.25) is 5.91 Å². The molecule has 0 bridgehead atoms. The van der Waals surface area contributed by atoms with Gasteiger partial charge in [0.15, 0.2) is 5.65 Å². The fourth-order valence-corrected chi connectivity index (χ4v) is 3.87. The minimum atomic E-state index is -0.393. The highest BCUT2D eigenvalue weighted by molar-refractivity contribution is 7.12. The van der Waals surface area contributed by atoms with Gasteiger partial charge in [-0.05, 0) is 39.8 Å². The van der Waals surface area contributed by atoms with Gasteiger partial charge in [0, 0.05) is 27.3 Å². The van der Waals surface area contributed by atoms with E-state index < -0.39 is 5.91 Å². The largest absolute Gasteiger partial charge is 0.273 e. The Morgan fingerprint density at radius 3 is 2.39 bits per heavy atom. The van der Waals surface area contributed by atoms with Crippen LogP contribution >= 0.6 is 11.3 Å². The van der Waals surface area contributed by atoms with Crippen molar-refractivity contribution in [2.75, 3.05) is 0 Å². The molecule has 0 spiro atoms. The summed E-state index contributed by atoms with van der Waals surface area (Å²) in [5.74, 6) is -0.870. The summed E-state index contributed by atoms with van der Waals surface area (Å²) in [7, 11) is 0. The number of rotatable bonds is 4. The van der Waals surface area contributed by atoms with Crippen molar-refractivity contribution in [1.82, 2.24) is 25.6 Å². The Morgan fingerprint density at radius 2 is 1.82 bits per heavy atom. The number of nitrogens with zero attached hydrogens (tertiary/aromatic N) is 3. The summed E-state index contributed by atoms with van der Waals surface area (Å²) in [6, 6.07) is 3.94. The van der Waals surface area contributed by atoms with Crippen LogP contribution < -0.4 is 10.9 Å². The van der Waals surface area contributed by atoms with Crippen molar-refractivity contribution in [3.05, 3.63) is 33.6 Å².